The number of fused-ring (bicyclic) bond motifs is 1. The van der Waals surface area contributed by atoms with Crippen LogP contribution in [0.4, 0.5) is 10.5 Å². The third-order valence-corrected chi connectivity index (χ3v) is 4.21. The van der Waals surface area contributed by atoms with E-state index in [0.717, 1.165) is 51.4 Å². The molecular formula is C15H21N3O. The molecule has 0 saturated carbocycles. The Labute approximate surface area is 114 Å². The van der Waals surface area contributed by atoms with Gasteiger partial charge in [-0.2, -0.15) is 0 Å². The molecular weight excluding hydrogens is 238 g/mol. The Balaban J connectivity index is 1.69. The maximum Gasteiger partial charge on any atom is 0.324 e. The zero-order valence-corrected chi connectivity index (χ0v) is 11.5. The van der Waals surface area contributed by atoms with E-state index in [1.807, 2.05) is 21.9 Å². The number of rotatable bonds is 1. The molecule has 1 aromatic rings. The number of nitrogens with zero attached hydrogens (tertiary/aromatic N) is 3. The highest BCUT2D eigenvalue weighted by Crippen LogP contribution is 2.28. The van der Waals surface area contributed by atoms with Crippen molar-refractivity contribution in [2.75, 3.05) is 44.2 Å². The number of urea groups is 1. The van der Waals surface area contributed by atoms with E-state index >= 15 is 0 Å². The molecule has 2 heterocycles. The standard InChI is InChI=1S/C15H21N3O/c1-2-16-9-11-17(12-10-16)15(19)18-8-7-13-5-3-4-6-14(13)18/h3-6H,2,7-12H2,1H3. The minimum absolute atomic E-state index is 0.181. The van der Waals surface area contributed by atoms with Crippen LogP contribution in [0.3, 0.4) is 0 Å². The van der Waals surface area contributed by atoms with Gasteiger partial charge >= 0.3 is 6.03 Å². The zero-order chi connectivity index (χ0) is 13.2. The van der Waals surface area contributed by atoms with Gasteiger partial charge in [0.2, 0.25) is 0 Å². The summed E-state index contributed by atoms with van der Waals surface area (Å²) in [5.41, 5.74) is 2.40. The average Bonchev–Trinajstić information content (AvgIpc) is 2.90. The minimum atomic E-state index is 0.181. The van der Waals surface area contributed by atoms with Crippen LogP contribution < -0.4 is 4.90 Å². The molecule has 3 rings (SSSR count). The lowest BCUT2D eigenvalue weighted by molar-refractivity contribution is 0.147. The van der Waals surface area contributed by atoms with Crippen molar-refractivity contribution in [1.29, 1.82) is 0 Å². The van der Waals surface area contributed by atoms with E-state index < -0.39 is 0 Å². The number of para-hydroxylation sites is 1. The van der Waals surface area contributed by atoms with E-state index in [-0.39, 0.29) is 6.03 Å². The Bertz CT molecular complexity index is 466. The molecule has 1 saturated heterocycles. The molecule has 4 heteroatoms. The molecule has 0 N–H and O–H groups in total. The van der Waals surface area contributed by atoms with Crippen molar-refractivity contribution in [3.8, 4) is 0 Å². The van der Waals surface area contributed by atoms with Gasteiger partial charge in [0.15, 0.2) is 0 Å². The molecule has 0 unspecified atom stereocenters. The van der Waals surface area contributed by atoms with Gasteiger partial charge in [-0.15, -0.1) is 0 Å². The highest BCUT2D eigenvalue weighted by molar-refractivity contribution is 5.94. The fraction of sp³-hybridized carbons (Fsp3) is 0.533. The number of anilines is 1. The summed E-state index contributed by atoms with van der Waals surface area (Å²) < 4.78 is 0. The quantitative estimate of drug-likeness (QED) is 0.769. The summed E-state index contributed by atoms with van der Waals surface area (Å²) in [4.78, 5) is 18.9. The Hall–Kier alpha value is -1.55. The summed E-state index contributed by atoms with van der Waals surface area (Å²) in [6.07, 6.45) is 0.983. The van der Waals surface area contributed by atoms with Gasteiger partial charge in [0.1, 0.15) is 0 Å². The summed E-state index contributed by atoms with van der Waals surface area (Å²) in [6, 6.07) is 8.42. The SMILES string of the molecule is CCN1CCN(C(=O)N2CCc3ccccc32)CC1. The van der Waals surface area contributed by atoms with Gasteiger partial charge in [-0.05, 0) is 24.6 Å². The molecule has 102 valence electrons. The largest absolute Gasteiger partial charge is 0.324 e. The van der Waals surface area contributed by atoms with Gasteiger partial charge in [-0.3, -0.25) is 4.90 Å². The Kier molecular flexibility index (Phi) is 3.42. The molecule has 2 aliphatic rings. The van der Waals surface area contributed by atoms with Crippen molar-refractivity contribution >= 4 is 11.7 Å². The predicted octanol–water partition coefficient (Wildman–Crippen LogP) is 1.81. The van der Waals surface area contributed by atoms with Gasteiger partial charge in [-0.1, -0.05) is 25.1 Å². The highest BCUT2D eigenvalue weighted by Gasteiger charge is 2.29. The number of carbonyl (C=O) groups excluding carboxylic acids is 1. The number of amides is 2. The second kappa shape index (κ2) is 5.21. The van der Waals surface area contributed by atoms with Crippen molar-refractivity contribution in [1.82, 2.24) is 9.80 Å². The molecule has 0 spiro atoms. The van der Waals surface area contributed by atoms with Crippen molar-refractivity contribution in [2.45, 2.75) is 13.3 Å². The third-order valence-electron chi connectivity index (χ3n) is 4.21. The van der Waals surface area contributed by atoms with Crippen LogP contribution in [-0.2, 0) is 6.42 Å². The Morgan fingerprint density at radius 3 is 2.58 bits per heavy atom. The summed E-state index contributed by atoms with van der Waals surface area (Å²) in [6.45, 7) is 7.78. The number of benzene rings is 1. The number of hydrogen-bond acceptors (Lipinski definition) is 2. The summed E-state index contributed by atoms with van der Waals surface area (Å²) in [7, 11) is 0. The minimum Gasteiger partial charge on any atom is -0.322 e. The Morgan fingerprint density at radius 1 is 1.11 bits per heavy atom. The van der Waals surface area contributed by atoms with E-state index in [0.29, 0.717) is 0 Å². The molecule has 4 nitrogen and oxygen atoms in total. The average molecular weight is 259 g/mol. The van der Waals surface area contributed by atoms with E-state index in [1.165, 1.54) is 5.56 Å². The summed E-state index contributed by atoms with van der Waals surface area (Å²) in [5, 5.41) is 0. The topological polar surface area (TPSA) is 26.8 Å². The lowest BCUT2D eigenvalue weighted by atomic mass is 10.2. The number of piperazine rings is 1. The molecule has 2 aliphatic heterocycles. The number of hydrogen-bond donors (Lipinski definition) is 0. The van der Waals surface area contributed by atoms with Crippen LogP contribution in [0.5, 0.6) is 0 Å². The maximum atomic E-state index is 12.6. The molecule has 2 amide bonds. The molecule has 0 aliphatic carbocycles. The maximum absolute atomic E-state index is 12.6. The van der Waals surface area contributed by atoms with Crippen LogP contribution in [0.15, 0.2) is 24.3 Å². The lowest BCUT2D eigenvalue weighted by Gasteiger charge is -2.36. The summed E-state index contributed by atoms with van der Waals surface area (Å²) in [5.74, 6) is 0. The molecule has 1 aromatic carbocycles. The smallest absolute Gasteiger partial charge is 0.322 e. The first-order valence-corrected chi connectivity index (χ1v) is 7.16. The van der Waals surface area contributed by atoms with Crippen LogP contribution in [-0.4, -0.2) is 55.1 Å². The molecule has 19 heavy (non-hydrogen) atoms. The molecule has 0 aromatic heterocycles. The highest BCUT2D eigenvalue weighted by atomic mass is 16.2. The van der Waals surface area contributed by atoms with Gasteiger partial charge in [-0.25, -0.2) is 4.79 Å². The normalized spacial score (nSPS) is 19.6. The van der Waals surface area contributed by atoms with Crippen LogP contribution in [0, 0.1) is 0 Å². The second-order valence-corrected chi connectivity index (χ2v) is 5.23. The zero-order valence-electron chi connectivity index (χ0n) is 11.5. The number of carbonyl (C=O) groups is 1. The van der Waals surface area contributed by atoms with Crippen molar-refractivity contribution in [3.05, 3.63) is 29.8 Å². The summed E-state index contributed by atoms with van der Waals surface area (Å²) >= 11 is 0. The lowest BCUT2D eigenvalue weighted by Crippen LogP contribution is -2.52. The molecule has 0 radical (unpaired) electrons. The monoisotopic (exact) mass is 259 g/mol. The predicted molar refractivity (Wildman–Crippen MR) is 76.6 cm³/mol. The molecule has 1 fully saturated rings. The first-order chi connectivity index (χ1) is 9.29. The molecule has 0 atom stereocenters. The van der Waals surface area contributed by atoms with Crippen molar-refractivity contribution < 1.29 is 4.79 Å². The second-order valence-electron chi connectivity index (χ2n) is 5.23. The van der Waals surface area contributed by atoms with Crippen molar-refractivity contribution in [3.63, 3.8) is 0 Å². The van der Waals surface area contributed by atoms with E-state index in [1.54, 1.807) is 0 Å². The number of likely N-dealkylation sites (N-methyl/N-ethyl adjacent to an activating group) is 1. The third kappa shape index (κ3) is 2.32. The Morgan fingerprint density at radius 2 is 1.84 bits per heavy atom. The van der Waals surface area contributed by atoms with E-state index in [2.05, 4.69) is 24.0 Å². The van der Waals surface area contributed by atoms with E-state index in [9.17, 15) is 4.79 Å². The van der Waals surface area contributed by atoms with Crippen LogP contribution >= 0.6 is 0 Å². The molecule has 0 bridgehead atoms. The fourth-order valence-electron chi connectivity index (χ4n) is 2.96. The van der Waals surface area contributed by atoms with Gasteiger partial charge in [0.25, 0.3) is 0 Å². The van der Waals surface area contributed by atoms with Crippen molar-refractivity contribution in [2.24, 2.45) is 0 Å². The van der Waals surface area contributed by atoms with Gasteiger partial charge in [0.05, 0.1) is 0 Å². The first kappa shape index (κ1) is 12.5. The van der Waals surface area contributed by atoms with Crippen LogP contribution in [0.25, 0.3) is 0 Å². The first-order valence-electron chi connectivity index (χ1n) is 7.16. The van der Waals surface area contributed by atoms with Crippen LogP contribution in [0.1, 0.15) is 12.5 Å². The van der Waals surface area contributed by atoms with Gasteiger partial charge in [0, 0.05) is 38.4 Å². The van der Waals surface area contributed by atoms with Crippen LogP contribution in [0.2, 0.25) is 0 Å². The fourth-order valence-corrected chi connectivity index (χ4v) is 2.96. The van der Waals surface area contributed by atoms with Gasteiger partial charge < -0.3 is 9.80 Å². The van der Waals surface area contributed by atoms with E-state index in [4.69, 9.17) is 0 Å².